The number of hydrogen-bond donors (Lipinski definition) is 1. The lowest BCUT2D eigenvalue weighted by Gasteiger charge is -2.22. The van der Waals surface area contributed by atoms with Crippen molar-refractivity contribution < 1.29 is 13.9 Å². The Morgan fingerprint density at radius 3 is 2.46 bits per heavy atom. The monoisotopic (exact) mass is 356 g/mol. The Labute approximate surface area is 151 Å². The summed E-state index contributed by atoms with van der Waals surface area (Å²) in [6.45, 7) is 4.36. The molecule has 6 nitrogen and oxygen atoms in total. The number of fused-ring (bicyclic) bond motifs is 1. The first-order valence-corrected chi connectivity index (χ1v) is 8.26. The first kappa shape index (κ1) is 18.0. The number of nitrogen functional groups attached to an aromatic ring is 1. The summed E-state index contributed by atoms with van der Waals surface area (Å²) in [6.07, 6.45) is 0.673. The number of rotatable bonds is 6. The summed E-state index contributed by atoms with van der Waals surface area (Å²) >= 11 is 0. The van der Waals surface area contributed by atoms with Gasteiger partial charge >= 0.3 is 0 Å². The number of methoxy groups -OCH3 is 1. The van der Waals surface area contributed by atoms with Crippen molar-refractivity contribution in [1.29, 1.82) is 0 Å². The minimum atomic E-state index is -0.304. The van der Waals surface area contributed by atoms with Gasteiger partial charge in [0.05, 0.1) is 23.4 Å². The Kier molecular flexibility index (Phi) is 4.99. The van der Waals surface area contributed by atoms with Crippen LogP contribution in [-0.2, 0) is 4.74 Å². The van der Waals surface area contributed by atoms with Crippen LogP contribution in [0.25, 0.3) is 22.3 Å². The summed E-state index contributed by atoms with van der Waals surface area (Å²) in [5, 5.41) is 0. The van der Waals surface area contributed by atoms with Crippen LogP contribution in [0.1, 0.15) is 20.3 Å². The van der Waals surface area contributed by atoms with E-state index in [2.05, 4.69) is 15.0 Å². The fourth-order valence-corrected chi connectivity index (χ4v) is 2.38. The van der Waals surface area contributed by atoms with E-state index in [0.717, 1.165) is 5.56 Å². The van der Waals surface area contributed by atoms with Crippen LogP contribution in [0.4, 0.5) is 10.3 Å². The molecule has 0 aliphatic carbocycles. The third-order valence-electron chi connectivity index (χ3n) is 4.16. The maximum absolute atomic E-state index is 13.1. The second-order valence-corrected chi connectivity index (χ2v) is 6.52. The van der Waals surface area contributed by atoms with Gasteiger partial charge in [-0.3, -0.25) is 0 Å². The van der Waals surface area contributed by atoms with Crippen LogP contribution >= 0.6 is 0 Å². The number of anilines is 1. The molecule has 2 heterocycles. The third-order valence-corrected chi connectivity index (χ3v) is 4.16. The minimum Gasteiger partial charge on any atom is -0.476 e. The molecule has 0 amide bonds. The summed E-state index contributed by atoms with van der Waals surface area (Å²) < 4.78 is 24.3. The van der Waals surface area contributed by atoms with Crippen molar-refractivity contribution in [3.63, 3.8) is 0 Å². The van der Waals surface area contributed by atoms with Crippen molar-refractivity contribution in [2.24, 2.45) is 0 Å². The Bertz CT molecular complexity index is 913. The van der Waals surface area contributed by atoms with Crippen LogP contribution in [-0.4, -0.2) is 34.3 Å². The summed E-state index contributed by atoms with van der Waals surface area (Å²) in [6, 6.07) is 9.73. The van der Waals surface area contributed by atoms with Crippen LogP contribution in [0.5, 0.6) is 5.88 Å². The molecule has 2 N–H and O–H groups in total. The van der Waals surface area contributed by atoms with Gasteiger partial charge in [-0.25, -0.2) is 14.4 Å². The number of nitrogens with zero attached hydrogens (tertiary/aromatic N) is 3. The van der Waals surface area contributed by atoms with E-state index in [1.165, 1.54) is 12.1 Å². The van der Waals surface area contributed by atoms with E-state index in [0.29, 0.717) is 35.6 Å². The molecule has 0 saturated heterocycles. The summed E-state index contributed by atoms with van der Waals surface area (Å²) in [7, 11) is 1.66. The van der Waals surface area contributed by atoms with Gasteiger partial charge in [0.2, 0.25) is 11.8 Å². The van der Waals surface area contributed by atoms with Gasteiger partial charge in [0.1, 0.15) is 5.82 Å². The highest BCUT2D eigenvalue weighted by Gasteiger charge is 2.17. The lowest BCUT2D eigenvalue weighted by Crippen LogP contribution is -2.25. The summed E-state index contributed by atoms with van der Waals surface area (Å²) in [5.41, 5.74) is 8.03. The summed E-state index contributed by atoms with van der Waals surface area (Å²) in [5.74, 6) is 0.147. The fraction of sp³-hybridized carbons (Fsp3) is 0.316. The van der Waals surface area contributed by atoms with E-state index in [4.69, 9.17) is 15.2 Å². The van der Waals surface area contributed by atoms with Crippen LogP contribution in [0.3, 0.4) is 0 Å². The van der Waals surface area contributed by atoms with E-state index in [1.807, 2.05) is 13.8 Å². The maximum Gasteiger partial charge on any atom is 0.245 e. The van der Waals surface area contributed by atoms with Crippen molar-refractivity contribution >= 4 is 17.0 Å². The van der Waals surface area contributed by atoms with Gasteiger partial charge in [-0.2, -0.15) is 4.98 Å². The molecule has 0 aliphatic rings. The van der Waals surface area contributed by atoms with E-state index >= 15 is 0 Å². The fourth-order valence-electron chi connectivity index (χ4n) is 2.38. The number of benzene rings is 1. The average Bonchev–Trinajstić information content (AvgIpc) is 2.62. The second kappa shape index (κ2) is 7.21. The van der Waals surface area contributed by atoms with E-state index in [9.17, 15) is 4.39 Å². The second-order valence-electron chi connectivity index (χ2n) is 6.52. The topological polar surface area (TPSA) is 83.2 Å². The number of nitrogens with two attached hydrogens (primary N) is 1. The molecular formula is C19H21FN4O2. The van der Waals surface area contributed by atoms with E-state index < -0.39 is 0 Å². The lowest BCUT2D eigenvalue weighted by atomic mass is 10.1. The minimum absolute atomic E-state index is 0.120. The molecule has 0 aliphatic heterocycles. The van der Waals surface area contributed by atoms with Crippen molar-refractivity contribution in [1.82, 2.24) is 15.0 Å². The Morgan fingerprint density at radius 2 is 1.77 bits per heavy atom. The Balaban J connectivity index is 1.93. The van der Waals surface area contributed by atoms with Crippen molar-refractivity contribution in [3.8, 4) is 17.1 Å². The molecule has 3 aromatic rings. The molecule has 0 unspecified atom stereocenters. The van der Waals surface area contributed by atoms with E-state index in [-0.39, 0.29) is 17.4 Å². The first-order valence-electron chi connectivity index (χ1n) is 8.26. The van der Waals surface area contributed by atoms with Crippen LogP contribution in [0, 0.1) is 5.82 Å². The highest BCUT2D eigenvalue weighted by Crippen LogP contribution is 2.26. The molecule has 0 spiro atoms. The molecule has 26 heavy (non-hydrogen) atoms. The third kappa shape index (κ3) is 4.05. The first-order chi connectivity index (χ1) is 12.4. The Hall–Kier alpha value is -2.80. The van der Waals surface area contributed by atoms with Crippen LogP contribution < -0.4 is 10.5 Å². The number of pyridine rings is 1. The molecule has 0 radical (unpaired) electrons. The largest absolute Gasteiger partial charge is 0.476 e. The molecule has 0 atom stereocenters. The van der Waals surface area contributed by atoms with Crippen molar-refractivity contribution in [2.75, 3.05) is 19.5 Å². The van der Waals surface area contributed by atoms with Gasteiger partial charge in [0, 0.05) is 19.1 Å². The number of aromatic nitrogens is 3. The molecule has 136 valence electrons. The molecule has 1 aromatic carbocycles. The zero-order valence-electron chi connectivity index (χ0n) is 15.0. The van der Waals surface area contributed by atoms with Gasteiger partial charge in [-0.05, 0) is 50.2 Å². The lowest BCUT2D eigenvalue weighted by molar-refractivity contribution is 0.00521. The zero-order valence-corrected chi connectivity index (χ0v) is 15.0. The highest BCUT2D eigenvalue weighted by molar-refractivity contribution is 5.83. The van der Waals surface area contributed by atoms with Gasteiger partial charge in [0.25, 0.3) is 0 Å². The molecule has 3 rings (SSSR count). The SMILES string of the molecule is COC(C)(C)CCOc1nc(N)nc2ccc(-c3ccc(F)cc3)nc12. The smallest absolute Gasteiger partial charge is 0.245 e. The van der Waals surface area contributed by atoms with E-state index in [1.54, 1.807) is 31.4 Å². The zero-order chi connectivity index (χ0) is 18.7. The van der Waals surface area contributed by atoms with Gasteiger partial charge in [0.15, 0.2) is 5.52 Å². The quantitative estimate of drug-likeness (QED) is 0.726. The molecule has 0 saturated carbocycles. The standard InChI is InChI=1S/C19H21FN4O2/c1-19(2,25-3)10-11-26-17-16-15(23-18(21)24-17)9-8-14(22-16)12-4-6-13(20)7-5-12/h4-9H,10-11H2,1-3H3,(H2,21,23,24). The molecular weight excluding hydrogens is 335 g/mol. The molecule has 2 aromatic heterocycles. The summed E-state index contributed by atoms with van der Waals surface area (Å²) in [4.78, 5) is 13.0. The predicted octanol–water partition coefficient (Wildman–Crippen LogP) is 3.61. The maximum atomic E-state index is 13.1. The van der Waals surface area contributed by atoms with Gasteiger partial charge < -0.3 is 15.2 Å². The highest BCUT2D eigenvalue weighted by atomic mass is 19.1. The molecule has 0 bridgehead atoms. The predicted molar refractivity (Wildman–Crippen MR) is 98.3 cm³/mol. The normalized spacial score (nSPS) is 11.7. The van der Waals surface area contributed by atoms with Crippen molar-refractivity contribution in [3.05, 3.63) is 42.2 Å². The number of hydrogen-bond acceptors (Lipinski definition) is 6. The van der Waals surface area contributed by atoms with Crippen LogP contribution in [0.15, 0.2) is 36.4 Å². The number of ether oxygens (including phenoxy) is 2. The number of halogens is 1. The molecule has 7 heteroatoms. The van der Waals surface area contributed by atoms with Gasteiger partial charge in [-0.1, -0.05) is 0 Å². The Morgan fingerprint density at radius 1 is 1.04 bits per heavy atom. The van der Waals surface area contributed by atoms with Crippen LogP contribution in [0.2, 0.25) is 0 Å². The van der Waals surface area contributed by atoms with Crippen molar-refractivity contribution in [2.45, 2.75) is 25.9 Å². The molecule has 0 fully saturated rings. The van der Waals surface area contributed by atoms with Gasteiger partial charge in [-0.15, -0.1) is 0 Å². The average molecular weight is 356 g/mol.